The molecule has 0 aliphatic carbocycles. The molecule has 0 amide bonds. The highest BCUT2D eigenvalue weighted by atomic mass is 16.3. The number of hydrogen-bond donors (Lipinski definition) is 1. The van der Waals surface area contributed by atoms with E-state index < -0.39 is 0 Å². The second-order valence-corrected chi connectivity index (χ2v) is 2.66. The van der Waals surface area contributed by atoms with E-state index in [9.17, 15) is 0 Å². The lowest BCUT2D eigenvalue weighted by atomic mass is 10.1. The third kappa shape index (κ3) is 7.70. The topological polar surface area (TPSA) is 20.2 Å². The lowest BCUT2D eigenvalue weighted by molar-refractivity contribution is 0.182. The maximum Gasteiger partial charge on any atom is 0.0512 e. The first-order valence-electron chi connectivity index (χ1n) is 4.10. The van der Waals surface area contributed by atoms with Crippen molar-refractivity contribution in [1.82, 2.24) is 0 Å². The molecule has 0 aliphatic rings. The van der Waals surface area contributed by atoms with E-state index in [4.69, 9.17) is 5.11 Å². The van der Waals surface area contributed by atoms with Crippen molar-refractivity contribution in [2.24, 2.45) is 0 Å². The van der Waals surface area contributed by atoms with Crippen LogP contribution in [0.25, 0.3) is 0 Å². The minimum absolute atomic E-state index is 0.130. The van der Waals surface area contributed by atoms with Crippen LogP contribution >= 0.6 is 0 Å². The van der Waals surface area contributed by atoms with Crippen LogP contribution < -0.4 is 0 Å². The fourth-order valence-corrected chi connectivity index (χ4v) is 0.816. The Balaban J connectivity index is 2.97. The van der Waals surface area contributed by atoms with Crippen molar-refractivity contribution in [3.05, 3.63) is 12.2 Å². The second kappa shape index (κ2) is 6.81. The van der Waals surface area contributed by atoms with Crippen LogP contribution in [0.2, 0.25) is 0 Å². The Kier molecular flexibility index (Phi) is 6.61. The number of allylic oxidation sites excluding steroid dienone is 2. The zero-order valence-electron chi connectivity index (χ0n) is 7.01. The van der Waals surface area contributed by atoms with Crippen LogP contribution in [0.5, 0.6) is 0 Å². The van der Waals surface area contributed by atoms with Crippen molar-refractivity contribution in [3.63, 3.8) is 0 Å². The first kappa shape index (κ1) is 9.70. The van der Waals surface area contributed by atoms with Gasteiger partial charge in [0.25, 0.3) is 0 Å². The van der Waals surface area contributed by atoms with Crippen LogP contribution in [0.3, 0.4) is 0 Å². The Labute approximate surface area is 63.8 Å². The van der Waals surface area contributed by atoms with Crippen LogP contribution in [-0.2, 0) is 0 Å². The van der Waals surface area contributed by atoms with Gasteiger partial charge < -0.3 is 5.11 Å². The molecule has 0 fully saturated rings. The van der Waals surface area contributed by atoms with Crippen LogP contribution in [0.4, 0.5) is 0 Å². The maximum atomic E-state index is 8.88. The molecule has 0 saturated heterocycles. The Morgan fingerprint density at radius 1 is 1.40 bits per heavy atom. The fourth-order valence-electron chi connectivity index (χ4n) is 0.816. The number of unbranched alkanes of at least 4 members (excludes halogenated alkanes) is 1. The van der Waals surface area contributed by atoms with Crippen LogP contribution in [-0.4, -0.2) is 11.2 Å². The Bertz CT molecular complexity index is 84.7. The summed E-state index contributed by atoms with van der Waals surface area (Å²) >= 11 is 0. The molecule has 1 heteroatoms. The van der Waals surface area contributed by atoms with Crippen molar-refractivity contribution < 1.29 is 5.11 Å². The molecular formula is C9H18O. The summed E-state index contributed by atoms with van der Waals surface area (Å²) in [6.45, 7) is 3.97. The third-order valence-electron chi connectivity index (χ3n) is 1.40. The highest BCUT2D eigenvalue weighted by Gasteiger charge is 1.91. The van der Waals surface area contributed by atoms with Crippen molar-refractivity contribution in [1.29, 1.82) is 0 Å². The van der Waals surface area contributed by atoms with Crippen molar-refractivity contribution >= 4 is 0 Å². The summed E-state index contributed by atoms with van der Waals surface area (Å²) in [5.41, 5.74) is 0. The summed E-state index contributed by atoms with van der Waals surface area (Å²) < 4.78 is 0. The average Bonchev–Trinajstić information content (AvgIpc) is 1.87. The lowest BCUT2D eigenvalue weighted by Crippen LogP contribution is -1.97. The zero-order chi connectivity index (χ0) is 7.82. The van der Waals surface area contributed by atoms with Crippen LogP contribution in [0.15, 0.2) is 12.2 Å². The van der Waals surface area contributed by atoms with Gasteiger partial charge in [-0.2, -0.15) is 0 Å². The molecule has 1 nitrogen and oxygen atoms in total. The lowest BCUT2D eigenvalue weighted by Gasteiger charge is -1.99. The van der Waals surface area contributed by atoms with Crippen molar-refractivity contribution in [2.45, 2.75) is 45.6 Å². The van der Waals surface area contributed by atoms with Gasteiger partial charge in [0.1, 0.15) is 0 Å². The smallest absolute Gasteiger partial charge is 0.0512 e. The predicted molar refractivity (Wildman–Crippen MR) is 45.0 cm³/mol. The Hall–Kier alpha value is -0.300. The molecule has 0 aliphatic heterocycles. The van der Waals surface area contributed by atoms with Gasteiger partial charge in [-0.05, 0) is 32.6 Å². The van der Waals surface area contributed by atoms with Crippen LogP contribution in [0, 0.1) is 0 Å². The summed E-state index contributed by atoms with van der Waals surface area (Å²) in [7, 11) is 0. The van der Waals surface area contributed by atoms with Crippen LogP contribution in [0.1, 0.15) is 39.5 Å². The first-order chi connectivity index (χ1) is 4.77. The van der Waals surface area contributed by atoms with E-state index in [0.717, 1.165) is 25.7 Å². The molecule has 0 rings (SSSR count). The maximum absolute atomic E-state index is 8.88. The Morgan fingerprint density at radius 2 is 2.10 bits per heavy atom. The molecule has 0 saturated carbocycles. The minimum Gasteiger partial charge on any atom is -0.393 e. The van der Waals surface area contributed by atoms with E-state index in [1.807, 2.05) is 6.92 Å². The molecule has 0 aromatic rings. The van der Waals surface area contributed by atoms with E-state index >= 15 is 0 Å². The third-order valence-corrected chi connectivity index (χ3v) is 1.40. The SMILES string of the molecule is CC/C=C/CCC[C@H](C)O. The molecule has 0 radical (unpaired) electrons. The zero-order valence-corrected chi connectivity index (χ0v) is 7.01. The van der Waals surface area contributed by atoms with E-state index in [1.54, 1.807) is 0 Å². The van der Waals surface area contributed by atoms with Gasteiger partial charge in [0.05, 0.1) is 6.10 Å². The monoisotopic (exact) mass is 142 g/mol. The molecule has 0 spiro atoms. The molecule has 1 N–H and O–H groups in total. The standard InChI is InChI=1S/C9H18O/c1-3-4-5-6-7-8-9(2)10/h4-5,9-10H,3,6-8H2,1-2H3/b5-4+/t9-/m0/s1. The molecule has 10 heavy (non-hydrogen) atoms. The summed E-state index contributed by atoms with van der Waals surface area (Å²) in [6, 6.07) is 0. The van der Waals surface area contributed by atoms with E-state index in [2.05, 4.69) is 19.1 Å². The van der Waals surface area contributed by atoms with Crippen molar-refractivity contribution in [3.8, 4) is 0 Å². The van der Waals surface area contributed by atoms with Gasteiger partial charge in [0.15, 0.2) is 0 Å². The summed E-state index contributed by atoms with van der Waals surface area (Å²) in [4.78, 5) is 0. The molecular weight excluding hydrogens is 124 g/mol. The van der Waals surface area contributed by atoms with Gasteiger partial charge in [-0.1, -0.05) is 19.1 Å². The van der Waals surface area contributed by atoms with E-state index in [0.29, 0.717) is 0 Å². The molecule has 0 heterocycles. The molecule has 0 unspecified atom stereocenters. The van der Waals surface area contributed by atoms with Gasteiger partial charge >= 0.3 is 0 Å². The van der Waals surface area contributed by atoms with Gasteiger partial charge in [0, 0.05) is 0 Å². The van der Waals surface area contributed by atoms with E-state index in [1.165, 1.54) is 0 Å². The number of hydrogen-bond acceptors (Lipinski definition) is 1. The van der Waals surface area contributed by atoms with Crippen molar-refractivity contribution in [2.75, 3.05) is 0 Å². The predicted octanol–water partition coefficient (Wildman–Crippen LogP) is 2.50. The minimum atomic E-state index is -0.130. The average molecular weight is 142 g/mol. The largest absolute Gasteiger partial charge is 0.393 e. The number of aliphatic hydroxyl groups is 1. The summed E-state index contributed by atoms with van der Waals surface area (Å²) in [5.74, 6) is 0. The second-order valence-electron chi connectivity index (χ2n) is 2.66. The number of rotatable bonds is 5. The van der Waals surface area contributed by atoms with Gasteiger partial charge in [0.2, 0.25) is 0 Å². The quantitative estimate of drug-likeness (QED) is 0.462. The Morgan fingerprint density at radius 3 is 2.60 bits per heavy atom. The highest BCUT2D eigenvalue weighted by Crippen LogP contribution is 2.00. The van der Waals surface area contributed by atoms with Gasteiger partial charge in [-0.25, -0.2) is 0 Å². The normalized spacial score (nSPS) is 14.3. The summed E-state index contributed by atoms with van der Waals surface area (Å²) in [5, 5.41) is 8.88. The summed E-state index contributed by atoms with van der Waals surface area (Å²) in [6.07, 6.45) is 8.48. The first-order valence-corrected chi connectivity index (χ1v) is 4.10. The number of aliphatic hydroxyl groups excluding tert-OH is 1. The van der Waals surface area contributed by atoms with Gasteiger partial charge in [-0.15, -0.1) is 0 Å². The molecule has 0 aromatic carbocycles. The molecule has 0 aromatic heterocycles. The highest BCUT2D eigenvalue weighted by molar-refractivity contribution is 4.79. The fraction of sp³-hybridized carbons (Fsp3) is 0.778. The molecule has 0 bridgehead atoms. The molecule has 1 atom stereocenters. The van der Waals surface area contributed by atoms with E-state index in [-0.39, 0.29) is 6.10 Å². The van der Waals surface area contributed by atoms with Gasteiger partial charge in [-0.3, -0.25) is 0 Å². The molecule has 60 valence electrons.